The monoisotopic (exact) mass is 390 g/mol. The van der Waals surface area contributed by atoms with Crippen molar-refractivity contribution in [3.8, 4) is 11.3 Å². The van der Waals surface area contributed by atoms with E-state index in [-0.39, 0.29) is 17.5 Å². The highest BCUT2D eigenvalue weighted by atomic mass is 32.2. The fraction of sp³-hybridized carbons (Fsp3) is 0.111. The average Bonchev–Trinajstić information content (AvgIpc) is 3.03. The molecule has 3 aromatic rings. The molecular formula is C18H15FN2O3S2. The summed E-state index contributed by atoms with van der Waals surface area (Å²) in [6.07, 6.45) is 1.16. The van der Waals surface area contributed by atoms with Crippen LogP contribution in [0, 0.1) is 5.82 Å². The van der Waals surface area contributed by atoms with Gasteiger partial charge in [-0.3, -0.25) is 10.1 Å². The molecule has 0 saturated heterocycles. The van der Waals surface area contributed by atoms with E-state index in [1.807, 2.05) is 0 Å². The van der Waals surface area contributed by atoms with E-state index in [1.54, 1.807) is 41.8 Å². The van der Waals surface area contributed by atoms with E-state index in [0.29, 0.717) is 22.0 Å². The minimum atomic E-state index is -3.12. The maximum atomic E-state index is 13.0. The van der Waals surface area contributed by atoms with Crippen LogP contribution in [0.1, 0.15) is 15.9 Å². The lowest BCUT2D eigenvalue weighted by Gasteiger charge is -2.04. The lowest BCUT2D eigenvalue weighted by Crippen LogP contribution is -2.11. The summed E-state index contributed by atoms with van der Waals surface area (Å²) < 4.78 is 35.6. The van der Waals surface area contributed by atoms with Crippen LogP contribution >= 0.6 is 11.3 Å². The van der Waals surface area contributed by atoms with E-state index < -0.39 is 9.84 Å². The molecule has 0 aliphatic heterocycles. The number of carbonyl (C=O) groups excluding carboxylic acids is 1. The van der Waals surface area contributed by atoms with Crippen LogP contribution in [0.4, 0.5) is 9.52 Å². The second kappa shape index (κ2) is 7.35. The lowest BCUT2D eigenvalue weighted by atomic mass is 10.1. The smallest absolute Gasteiger partial charge is 0.257 e. The zero-order valence-corrected chi connectivity index (χ0v) is 15.4. The topological polar surface area (TPSA) is 76.1 Å². The van der Waals surface area contributed by atoms with Gasteiger partial charge in [0.25, 0.3) is 5.91 Å². The second-order valence-corrected chi connectivity index (χ2v) is 8.76. The van der Waals surface area contributed by atoms with Crippen LogP contribution in [0.2, 0.25) is 0 Å². The van der Waals surface area contributed by atoms with Crippen molar-refractivity contribution in [3.05, 3.63) is 70.9 Å². The average molecular weight is 390 g/mol. The molecule has 0 aliphatic carbocycles. The molecular weight excluding hydrogens is 375 g/mol. The molecule has 2 aromatic carbocycles. The molecule has 0 atom stereocenters. The van der Waals surface area contributed by atoms with Crippen LogP contribution in [0.15, 0.2) is 53.9 Å². The van der Waals surface area contributed by atoms with E-state index in [1.165, 1.54) is 23.5 Å². The molecule has 3 rings (SSSR count). The third-order valence-corrected chi connectivity index (χ3v) is 5.13. The molecule has 0 unspecified atom stereocenters. The summed E-state index contributed by atoms with van der Waals surface area (Å²) >= 11 is 1.27. The Morgan fingerprint density at radius 3 is 2.38 bits per heavy atom. The second-order valence-electron chi connectivity index (χ2n) is 5.77. The van der Waals surface area contributed by atoms with Gasteiger partial charge in [0.1, 0.15) is 5.82 Å². The number of hydrogen-bond acceptors (Lipinski definition) is 5. The summed E-state index contributed by atoms with van der Waals surface area (Å²) in [6.45, 7) is 0. The predicted octanol–water partition coefficient (Wildman–Crippen LogP) is 3.75. The highest BCUT2D eigenvalue weighted by Crippen LogP contribution is 2.25. The number of hydrogen-bond donors (Lipinski definition) is 1. The summed E-state index contributed by atoms with van der Waals surface area (Å²) in [6, 6.07) is 12.3. The molecule has 0 saturated carbocycles. The summed E-state index contributed by atoms with van der Waals surface area (Å²) in [4.78, 5) is 16.6. The highest BCUT2D eigenvalue weighted by molar-refractivity contribution is 7.89. The molecule has 8 heteroatoms. The molecule has 0 bridgehead atoms. The number of nitrogens with zero attached hydrogens (tertiary/aromatic N) is 1. The quantitative estimate of drug-likeness (QED) is 0.720. The SMILES string of the molecule is CS(=O)(=O)Cc1ccc(C(=O)Nc2nc(-c3ccc(F)cc3)cs2)cc1. The van der Waals surface area contributed by atoms with Crippen molar-refractivity contribution in [1.29, 1.82) is 0 Å². The van der Waals surface area contributed by atoms with Crippen molar-refractivity contribution in [3.63, 3.8) is 0 Å². The van der Waals surface area contributed by atoms with Crippen LogP contribution in [0.5, 0.6) is 0 Å². The molecule has 1 N–H and O–H groups in total. The van der Waals surface area contributed by atoms with Gasteiger partial charge in [-0.05, 0) is 42.0 Å². The van der Waals surface area contributed by atoms with Gasteiger partial charge in [0.2, 0.25) is 0 Å². The highest BCUT2D eigenvalue weighted by Gasteiger charge is 2.11. The Bertz CT molecular complexity index is 1030. The summed E-state index contributed by atoms with van der Waals surface area (Å²) in [7, 11) is -3.12. The molecule has 0 radical (unpaired) electrons. The molecule has 134 valence electrons. The molecule has 1 heterocycles. The minimum absolute atomic E-state index is 0.0671. The molecule has 5 nitrogen and oxygen atoms in total. The number of benzene rings is 2. The Hall–Kier alpha value is -2.58. The summed E-state index contributed by atoms with van der Waals surface area (Å²) in [5, 5.41) is 4.90. The summed E-state index contributed by atoms with van der Waals surface area (Å²) in [5.41, 5.74) is 2.43. The molecule has 1 amide bonds. The Morgan fingerprint density at radius 1 is 1.12 bits per heavy atom. The number of halogens is 1. The summed E-state index contributed by atoms with van der Waals surface area (Å²) in [5.74, 6) is -0.727. The maximum Gasteiger partial charge on any atom is 0.257 e. The number of nitrogens with one attached hydrogen (secondary N) is 1. The van der Waals surface area contributed by atoms with Crippen LogP contribution < -0.4 is 5.32 Å². The number of rotatable bonds is 5. The van der Waals surface area contributed by atoms with E-state index >= 15 is 0 Å². The molecule has 1 aromatic heterocycles. The van der Waals surface area contributed by atoms with Gasteiger partial charge in [-0.15, -0.1) is 11.3 Å². The van der Waals surface area contributed by atoms with Gasteiger partial charge in [-0.2, -0.15) is 0 Å². The largest absolute Gasteiger partial charge is 0.298 e. The Balaban J connectivity index is 1.69. The van der Waals surface area contributed by atoms with Crippen molar-refractivity contribution >= 4 is 32.2 Å². The maximum absolute atomic E-state index is 13.0. The van der Waals surface area contributed by atoms with Gasteiger partial charge in [-0.25, -0.2) is 17.8 Å². The Morgan fingerprint density at radius 2 is 1.77 bits per heavy atom. The first kappa shape index (κ1) is 18.2. The van der Waals surface area contributed by atoms with Crippen LogP contribution in [-0.2, 0) is 15.6 Å². The number of aromatic nitrogens is 1. The zero-order valence-electron chi connectivity index (χ0n) is 13.8. The van der Waals surface area contributed by atoms with Gasteiger partial charge in [0, 0.05) is 22.8 Å². The predicted molar refractivity (Wildman–Crippen MR) is 100 cm³/mol. The first-order valence-electron chi connectivity index (χ1n) is 7.60. The van der Waals surface area contributed by atoms with Gasteiger partial charge >= 0.3 is 0 Å². The molecule has 0 aliphatic rings. The molecule has 26 heavy (non-hydrogen) atoms. The first-order chi connectivity index (χ1) is 12.3. The van der Waals surface area contributed by atoms with Crippen LogP contribution in [-0.4, -0.2) is 25.6 Å². The number of thiazole rings is 1. The van der Waals surface area contributed by atoms with E-state index in [0.717, 1.165) is 11.8 Å². The lowest BCUT2D eigenvalue weighted by molar-refractivity contribution is 0.102. The van der Waals surface area contributed by atoms with Gasteiger partial charge in [0.05, 0.1) is 11.4 Å². The zero-order chi connectivity index (χ0) is 18.7. The standard InChI is InChI=1S/C18H15FN2O3S2/c1-26(23,24)11-12-2-4-14(5-3-12)17(22)21-18-20-16(10-25-18)13-6-8-15(19)9-7-13/h2-10H,11H2,1H3,(H,20,21,22). The molecule has 0 spiro atoms. The van der Waals surface area contributed by atoms with Crippen molar-refractivity contribution in [2.45, 2.75) is 5.75 Å². The Labute approximate surface area is 154 Å². The van der Waals surface area contributed by atoms with E-state index in [9.17, 15) is 17.6 Å². The van der Waals surface area contributed by atoms with E-state index in [2.05, 4.69) is 10.3 Å². The third-order valence-electron chi connectivity index (χ3n) is 3.51. The van der Waals surface area contributed by atoms with Crippen LogP contribution in [0.25, 0.3) is 11.3 Å². The van der Waals surface area contributed by atoms with Crippen molar-refractivity contribution in [2.24, 2.45) is 0 Å². The fourth-order valence-electron chi connectivity index (χ4n) is 2.31. The van der Waals surface area contributed by atoms with Crippen molar-refractivity contribution in [2.75, 3.05) is 11.6 Å². The normalized spacial score (nSPS) is 11.3. The molecule has 0 fully saturated rings. The first-order valence-corrected chi connectivity index (χ1v) is 10.5. The van der Waals surface area contributed by atoms with Gasteiger partial charge < -0.3 is 0 Å². The number of carbonyl (C=O) groups is 1. The van der Waals surface area contributed by atoms with E-state index in [4.69, 9.17) is 0 Å². The third kappa shape index (κ3) is 4.74. The Kier molecular flexibility index (Phi) is 5.15. The minimum Gasteiger partial charge on any atom is -0.298 e. The fourth-order valence-corrected chi connectivity index (χ4v) is 3.82. The van der Waals surface area contributed by atoms with Crippen molar-refractivity contribution < 1.29 is 17.6 Å². The van der Waals surface area contributed by atoms with Crippen LogP contribution in [0.3, 0.4) is 0 Å². The van der Waals surface area contributed by atoms with Crippen molar-refractivity contribution in [1.82, 2.24) is 4.98 Å². The van der Waals surface area contributed by atoms with Gasteiger partial charge in [-0.1, -0.05) is 12.1 Å². The van der Waals surface area contributed by atoms with Gasteiger partial charge in [0.15, 0.2) is 15.0 Å². The number of sulfone groups is 1. The number of amides is 1. The number of anilines is 1.